The Morgan fingerprint density at radius 3 is 2.90 bits per heavy atom. The van der Waals surface area contributed by atoms with Crippen molar-refractivity contribution in [2.24, 2.45) is 5.73 Å². The van der Waals surface area contributed by atoms with E-state index in [9.17, 15) is 14.9 Å². The second kappa shape index (κ2) is 6.00. The molecule has 1 aliphatic rings. The van der Waals surface area contributed by atoms with Crippen molar-refractivity contribution >= 4 is 11.6 Å². The molecule has 0 aromatic heterocycles. The summed E-state index contributed by atoms with van der Waals surface area (Å²) in [5, 5.41) is 10.9. The molecule has 2 N–H and O–H groups in total. The Balaban J connectivity index is 2.30. The fraction of sp³-hybridized carbons (Fsp3) is 0.500. The predicted octanol–water partition coefficient (Wildman–Crippen LogP) is 2.00. The third-order valence-corrected chi connectivity index (χ3v) is 3.65. The van der Waals surface area contributed by atoms with Crippen LogP contribution in [0.3, 0.4) is 0 Å². The quantitative estimate of drug-likeness (QED) is 0.658. The molecule has 0 bridgehead atoms. The minimum atomic E-state index is -0.428. The molecule has 1 heterocycles. The normalized spacial score (nSPS) is 22.3. The molecule has 6 heteroatoms. The van der Waals surface area contributed by atoms with Crippen molar-refractivity contribution in [3.05, 3.63) is 39.9 Å². The maximum Gasteiger partial charge on any atom is 0.269 e. The van der Waals surface area contributed by atoms with Gasteiger partial charge in [-0.15, -0.1) is 0 Å². The Morgan fingerprint density at radius 1 is 1.50 bits per heavy atom. The average Bonchev–Trinajstić information content (AvgIpc) is 2.70. The van der Waals surface area contributed by atoms with Crippen molar-refractivity contribution in [2.75, 3.05) is 6.54 Å². The zero-order valence-electron chi connectivity index (χ0n) is 11.5. The van der Waals surface area contributed by atoms with Gasteiger partial charge in [-0.3, -0.25) is 14.9 Å². The molecule has 2 rings (SSSR count). The van der Waals surface area contributed by atoms with E-state index in [1.54, 1.807) is 17.0 Å². The molecule has 20 heavy (non-hydrogen) atoms. The number of amides is 1. The van der Waals surface area contributed by atoms with Gasteiger partial charge in [-0.25, -0.2) is 0 Å². The Morgan fingerprint density at radius 2 is 2.25 bits per heavy atom. The van der Waals surface area contributed by atoms with Crippen LogP contribution in [0.25, 0.3) is 0 Å². The smallest absolute Gasteiger partial charge is 0.269 e. The molecule has 0 radical (unpaired) electrons. The molecule has 108 valence electrons. The molecular formula is C14H19N3O3. The number of carbonyl (C=O) groups is 1. The van der Waals surface area contributed by atoms with Gasteiger partial charge in [0.2, 0.25) is 5.91 Å². The molecule has 0 spiro atoms. The molecule has 1 amide bonds. The Labute approximate surface area is 117 Å². The lowest BCUT2D eigenvalue weighted by Gasteiger charge is -2.27. The summed E-state index contributed by atoms with van der Waals surface area (Å²) in [6.07, 6.45) is 2.20. The first-order valence-electron chi connectivity index (χ1n) is 6.84. The van der Waals surface area contributed by atoms with Crippen LogP contribution in [0.15, 0.2) is 24.3 Å². The minimum Gasteiger partial charge on any atom is -0.334 e. The van der Waals surface area contributed by atoms with E-state index < -0.39 is 4.92 Å². The highest BCUT2D eigenvalue weighted by molar-refractivity contribution is 5.80. The van der Waals surface area contributed by atoms with Crippen molar-refractivity contribution < 1.29 is 9.72 Å². The number of nitrogens with zero attached hydrogens (tertiary/aromatic N) is 2. The van der Waals surface area contributed by atoms with Crippen LogP contribution in [0.4, 0.5) is 5.69 Å². The van der Waals surface area contributed by atoms with Crippen LogP contribution in [0.5, 0.6) is 0 Å². The first kappa shape index (κ1) is 14.5. The number of nitro groups is 1. The van der Waals surface area contributed by atoms with Crippen molar-refractivity contribution in [3.8, 4) is 0 Å². The lowest BCUT2D eigenvalue weighted by Crippen LogP contribution is -2.33. The Bertz CT molecular complexity index is 518. The molecular weight excluding hydrogens is 258 g/mol. The highest BCUT2D eigenvalue weighted by Crippen LogP contribution is 2.33. The lowest BCUT2D eigenvalue weighted by atomic mass is 10.00. The van der Waals surface area contributed by atoms with Crippen LogP contribution >= 0.6 is 0 Å². The van der Waals surface area contributed by atoms with Crippen LogP contribution in [0.1, 0.15) is 37.8 Å². The zero-order valence-corrected chi connectivity index (χ0v) is 11.5. The first-order valence-corrected chi connectivity index (χ1v) is 6.84. The van der Waals surface area contributed by atoms with E-state index in [1.165, 1.54) is 12.1 Å². The number of likely N-dealkylation sites (tertiary alicyclic amines) is 1. The Kier molecular flexibility index (Phi) is 4.34. The number of nitro benzene ring substituents is 1. The van der Waals surface area contributed by atoms with Gasteiger partial charge in [0.05, 0.1) is 11.0 Å². The van der Waals surface area contributed by atoms with Gasteiger partial charge >= 0.3 is 0 Å². The van der Waals surface area contributed by atoms with E-state index in [0.717, 1.165) is 18.4 Å². The predicted molar refractivity (Wildman–Crippen MR) is 75.1 cm³/mol. The molecule has 0 aliphatic carbocycles. The third kappa shape index (κ3) is 2.80. The Hall–Kier alpha value is -1.95. The first-order chi connectivity index (χ1) is 9.54. The van der Waals surface area contributed by atoms with Crippen LogP contribution < -0.4 is 5.73 Å². The molecule has 2 unspecified atom stereocenters. The van der Waals surface area contributed by atoms with E-state index in [0.29, 0.717) is 13.0 Å². The molecule has 1 aromatic carbocycles. The minimum absolute atomic E-state index is 0.0301. The highest BCUT2D eigenvalue weighted by Gasteiger charge is 2.38. The van der Waals surface area contributed by atoms with Gasteiger partial charge in [0, 0.05) is 31.1 Å². The summed E-state index contributed by atoms with van der Waals surface area (Å²) < 4.78 is 0. The monoisotopic (exact) mass is 277 g/mol. The molecule has 2 atom stereocenters. The number of unbranched alkanes of at least 4 members (excludes halogenated alkanes) is 1. The number of carbonyl (C=O) groups excluding carboxylic acids is 1. The van der Waals surface area contributed by atoms with Crippen LogP contribution in [-0.2, 0) is 4.79 Å². The van der Waals surface area contributed by atoms with Gasteiger partial charge in [-0.1, -0.05) is 25.5 Å². The molecule has 1 aromatic rings. The van der Waals surface area contributed by atoms with Crippen LogP contribution in [0.2, 0.25) is 0 Å². The average molecular weight is 277 g/mol. The lowest BCUT2D eigenvalue weighted by molar-refractivity contribution is -0.384. The van der Waals surface area contributed by atoms with Crippen LogP contribution in [-0.4, -0.2) is 28.3 Å². The van der Waals surface area contributed by atoms with Gasteiger partial charge in [0.25, 0.3) is 5.69 Å². The van der Waals surface area contributed by atoms with E-state index >= 15 is 0 Å². The fourth-order valence-corrected chi connectivity index (χ4v) is 2.66. The zero-order chi connectivity index (χ0) is 14.7. The topological polar surface area (TPSA) is 89.5 Å². The second-order valence-corrected chi connectivity index (χ2v) is 5.11. The van der Waals surface area contributed by atoms with Crippen molar-refractivity contribution in [2.45, 2.75) is 38.3 Å². The van der Waals surface area contributed by atoms with Gasteiger partial charge in [0.1, 0.15) is 0 Å². The molecule has 1 saturated heterocycles. The number of hydrogen-bond acceptors (Lipinski definition) is 4. The largest absolute Gasteiger partial charge is 0.334 e. The summed E-state index contributed by atoms with van der Waals surface area (Å²) in [5.74, 6) is 0.0301. The van der Waals surface area contributed by atoms with E-state index in [4.69, 9.17) is 5.73 Å². The SMILES string of the molecule is CCCCN1C(=O)CC(N)C1c1cccc([N+](=O)[O-])c1. The standard InChI is InChI=1S/C14H19N3O3/c1-2-3-7-16-13(18)9-12(15)14(16)10-5-4-6-11(8-10)17(19)20/h4-6,8,12,14H,2-3,7,9,15H2,1H3. The van der Waals surface area contributed by atoms with Gasteiger partial charge in [-0.2, -0.15) is 0 Å². The van der Waals surface area contributed by atoms with Gasteiger partial charge in [0.15, 0.2) is 0 Å². The van der Waals surface area contributed by atoms with Crippen molar-refractivity contribution in [1.82, 2.24) is 4.90 Å². The number of hydrogen-bond donors (Lipinski definition) is 1. The second-order valence-electron chi connectivity index (χ2n) is 5.11. The van der Waals surface area contributed by atoms with E-state index in [1.807, 2.05) is 0 Å². The maximum absolute atomic E-state index is 12.0. The van der Waals surface area contributed by atoms with E-state index in [2.05, 4.69) is 6.92 Å². The summed E-state index contributed by atoms with van der Waals surface area (Å²) in [7, 11) is 0. The summed E-state index contributed by atoms with van der Waals surface area (Å²) >= 11 is 0. The van der Waals surface area contributed by atoms with Gasteiger partial charge < -0.3 is 10.6 Å². The molecule has 1 aliphatic heterocycles. The summed E-state index contributed by atoms with van der Waals surface area (Å²) in [5.41, 5.74) is 6.83. The van der Waals surface area contributed by atoms with Crippen LogP contribution in [0, 0.1) is 10.1 Å². The molecule has 0 saturated carbocycles. The maximum atomic E-state index is 12.0. The molecule has 6 nitrogen and oxygen atoms in total. The highest BCUT2D eigenvalue weighted by atomic mass is 16.6. The fourth-order valence-electron chi connectivity index (χ4n) is 2.66. The summed E-state index contributed by atoms with van der Waals surface area (Å²) in [6, 6.07) is 5.84. The third-order valence-electron chi connectivity index (χ3n) is 3.65. The number of rotatable bonds is 5. The summed E-state index contributed by atoms with van der Waals surface area (Å²) in [6.45, 7) is 2.71. The number of non-ortho nitro benzene ring substituents is 1. The van der Waals surface area contributed by atoms with Crippen molar-refractivity contribution in [3.63, 3.8) is 0 Å². The van der Waals surface area contributed by atoms with E-state index in [-0.39, 0.29) is 23.7 Å². The number of benzene rings is 1. The van der Waals surface area contributed by atoms with Crippen molar-refractivity contribution in [1.29, 1.82) is 0 Å². The molecule has 1 fully saturated rings. The number of nitrogens with two attached hydrogens (primary N) is 1. The van der Waals surface area contributed by atoms with Gasteiger partial charge in [-0.05, 0) is 12.0 Å². The summed E-state index contributed by atoms with van der Waals surface area (Å²) in [4.78, 5) is 24.2.